The summed E-state index contributed by atoms with van der Waals surface area (Å²) >= 11 is 3.40. The van der Waals surface area contributed by atoms with Crippen LogP contribution in [-0.4, -0.2) is 45.5 Å². The zero-order valence-electron chi connectivity index (χ0n) is 14.9. The van der Waals surface area contributed by atoms with Crippen LogP contribution in [0.15, 0.2) is 6.33 Å². The molecule has 3 aromatic rings. The highest BCUT2D eigenvalue weighted by Gasteiger charge is 2.25. The predicted octanol–water partition coefficient (Wildman–Crippen LogP) is 3.31. The first-order valence-corrected chi connectivity index (χ1v) is 11.0. The molecule has 0 aromatic carbocycles. The number of nitrogens with zero attached hydrogens (tertiary/aromatic N) is 6. The molecule has 6 nitrogen and oxygen atoms in total. The van der Waals surface area contributed by atoms with E-state index in [2.05, 4.69) is 31.1 Å². The molecule has 1 fully saturated rings. The van der Waals surface area contributed by atoms with Crippen molar-refractivity contribution < 1.29 is 0 Å². The first-order chi connectivity index (χ1) is 12.8. The quantitative estimate of drug-likeness (QED) is 0.688. The van der Waals surface area contributed by atoms with Crippen LogP contribution in [0.3, 0.4) is 0 Å². The molecular formula is C18H22N6S2. The molecule has 4 heterocycles. The maximum Gasteiger partial charge on any atom is 0.205 e. The molecule has 0 N–H and O–H groups in total. The van der Waals surface area contributed by atoms with Gasteiger partial charge in [0, 0.05) is 49.0 Å². The van der Waals surface area contributed by atoms with Gasteiger partial charge in [-0.05, 0) is 31.2 Å². The zero-order valence-corrected chi connectivity index (χ0v) is 16.6. The van der Waals surface area contributed by atoms with Crippen LogP contribution in [0.5, 0.6) is 0 Å². The molecule has 26 heavy (non-hydrogen) atoms. The Morgan fingerprint density at radius 1 is 1.04 bits per heavy atom. The molecule has 0 atom stereocenters. The SMILES string of the molecule is CCc1nsc(N2CCCN(c3ncnc4sc5c(c34)CCC5)CC2)n1. The van der Waals surface area contributed by atoms with Crippen LogP contribution in [0, 0.1) is 0 Å². The second-order valence-electron chi connectivity index (χ2n) is 6.91. The molecule has 0 unspecified atom stereocenters. The Kier molecular flexibility index (Phi) is 4.24. The summed E-state index contributed by atoms with van der Waals surface area (Å²) in [6, 6.07) is 0. The Balaban J connectivity index is 1.42. The summed E-state index contributed by atoms with van der Waals surface area (Å²) in [6.45, 7) is 6.11. The number of aromatic nitrogens is 4. The van der Waals surface area contributed by atoms with E-state index in [1.54, 1.807) is 6.33 Å². The minimum atomic E-state index is 0.901. The second-order valence-corrected chi connectivity index (χ2v) is 8.72. The Morgan fingerprint density at radius 3 is 2.81 bits per heavy atom. The van der Waals surface area contributed by atoms with Crippen LogP contribution in [0.4, 0.5) is 10.9 Å². The fraction of sp³-hybridized carbons (Fsp3) is 0.556. The number of rotatable bonds is 3. The lowest BCUT2D eigenvalue weighted by Crippen LogP contribution is -2.31. The zero-order chi connectivity index (χ0) is 17.5. The Labute approximate surface area is 161 Å². The highest BCUT2D eigenvalue weighted by molar-refractivity contribution is 7.19. The van der Waals surface area contributed by atoms with E-state index in [1.165, 1.54) is 46.6 Å². The molecule has 1 saturated heterocycles. The molecule has 2 aliphatic rings. The number of thiophene rings is 1. The normalized spacial score (nSPS) is 17.7. The van der Waals surface area contributed by atoms with Crippen molar-refractivity contribution in [3.05, 3.63) is 22.6 Å². The Morgan fingerprint density at radius 2 is 1.92 bits per heavy atom. The lowest BCUT2D eigenvalue weighted by Gasteiger charge is -2.23. The number of anilines is 2. The van der Waals surface area contributed by atoms with Gasteiger partial charge >= 0.3 is 0 Å². The summed E-state index contributed by atoms with van der Waals surface area (Å²) in [4.78, 5) is 21.5. The third kappa shape index (κ3) is 2.75. The lowest BCUT2D eigenvalue weighted by molar-refractivity contribution is 0.797. The van der Waals surface area contributed by atoms with Crippen molar-refractivity contribution in [1.29, 1.82) is 0 Å². The summed E-state index contributed by atoms with van der Waals surface area (Å²) in [6.07, 6.45) is 7.42. The topological polar surface area (TPSA) is 58.0 Å². The van der Waals surface area contributed by atoms with Gasteiger partial charge in [0.05, 0.1) is 5.39 Å². The van der Waals surface area contributed by atoms with Crippen LogP contribution in [-0.2, 0) is 19.3 Å². The molecule has 8 heteroatoms. The molecule has 0 spiro atoms. The van der Waals surface area contributed by atoms with Gasteiger partial charge < -0.3 is 9.80 Å². The van der Waals surface area contributed by atoms with Crippen molar-refractivity contribution in [3.8, 4) is 0 Å². The van der Waals surface area contributed by atoms with E-state index in [0.717, 1.165) is 60.6 Å². The molecule has 3 aromatic heterocycles. The van der Waals surface area contributed by atoms with Crippen LogP contribution < -0.4 is 9.80 Å². The van der Waals surface area contributed by atoms with Gasteiger partial charge in [-0.2, -0.15) is 4.37 Å². The standard InChI is InChI=1S/C18H22N6S2/c1-2-14-21-18(26-22-14)24-8-4-7-23(9-10-24)16-15-12-5-3-6-13(12)25-17(15)20-11-19-16/h11H,2-10H2,1H3. The van der Waals surface area contributed by atoms with E-state index in [1.807, 2.05) is 11.3 Å². The smallest absolute Gasteiger partial charge is 0.205 e. The van der Waals surface area contributed by atoms with Gasteiger partial charge in [0.15, 0.2) is 0 Å². The van der Waals surface area contributed by atoms with E-state index in [9.17, 15) is 0 Å². The average molecular weight is 387 g/mol. The van der Waals surface area contributed by atoms with Gasteiger partial charge in [-0.1, -0.05) is 6.92 Å². The van der Waals surface area contributed by atoms with E-state index < -0.39 is 0 Å². The third-order valence-electron chi connectivity index (χ3n) is 5.32. The van der Waals surface area contributed by atoms with Crippen LogP contribution in [0.1, 0.15) is 36.0 Å². The molecular weight excluding hydrogens is 364 g/mol. The van der Waals surface area contributed by atoms with Crippen molar-refractivity contribution in [2.75, 3.05) is 36.0 Å². The molecule has 1 aliphatic carbocycles. The molecule has 5 rings (SSSR count). The van der Waals surface area contributed by atoms with Gasteiger partial charge in [-0.3, -0.25) is 0 Å². The molecule has 0 saturated carbocycles. The van der Waals surface area contributed by atoms with Gasteiger partial charge in [-0.15, -0.1) is 11.3 Å². The van der Waals surface area contributed by atoms with Gasteiger partial charge in [0.2, 0.25) is 5.13 Å². The predicted molar refractivity (Wildman–Crippen MR) is 108 cm³/mol. The summed E-state index contributed by atoms with van der Waals surface area (Å²) in [5.41, 5.74) is 1.51. The maximum absolute atomic E-state index is 4.71. The maximum atomic E-state index is 4.71. The van der Waals surface area contributed by atoms with E-state index >= 15 is 0 Å². The first-order valence-electron chi connectivity index (χ1n) is 9.41. The molecule has 0 amide bonds. The largest absolute Gasteiger partial charge is 0.354 e. The molecule has 0 radical (unpaired) electrons. The van der Waals surface area contributed by atoms with Crippen molar-refractivity contribution in [2.45, 2.75) is 39.0 Å². The van der Waals surface area contributed by atoms with Gasteiger partial charge in [0.25, 0.3) is 0 Å². The summed E-state index contributed by atoms with van der Waals surface area (Å²) in [5.74, 6) is 2.10. The van der Waals surface area contributed by atoms with Crippen LogP contribution in [0.2, 0.25) is 0 Å². The van der Waals surface area contributed by atoms with Crippen molar-refractivity contribution in [3.63, 3.8) is 0 Å². The number of hydrogen-bond acceptors (Lipinski definition) is 8. The third-order valence-corrected chi connectivity index (χ3v) is 7.34. The number of fused-ring (bicyclic) bond motifs is 3. The van der Waals surface area contributed by atoms with E-state index in [-0.39, 0.29) is 0 Å². The highest BCUT2D eigenvalue weighted by atomic mass is 32.1. The summed E-state index contributed by atoms with van der Waals surface area (Å²) < 4.78 is 4.45. The van der Waals surface area contributed by atoms with Crippen LogP contribution in [0.25, 0.3) is 10.2 Å². The lowest BCUT2D eigenvalue weighted by atomic mass is 10.2. The molecule has 0 bridgehead atoms. The molecule has 136 valence electrons. The van der Waals surface area contributed by atoms with Crippen molar-refractivity contribution in [2.24, 2.45) is 0 Å². The Hall–Kier alpha value is -1.80. The Bertz CT molecular complexity index is 933. The van der Waals surface area contributed by atoms with E-state index in [0.29, 0.717) is 0 Å². The van der Waals surface area contributed by atoms with E-state index in [4.69, 9.17) is 4.98 Å². The molecule has 1 aliphatic heterocycles. The van der Waals surface area contributed by atoms with Crippen molar-refractivity contribution >= 4 is 44.0 Å². The highest BCUT2D eigenvalue weighted by Crippen LogP contribution is 2.40. The summed E-state index contributed by atoms with van der Waals surface area (Å²) in [7, 11) is 0. The minimum absolute atomic E-state index is 0.901. The number of hydrogen-bond donors (Lipinski definition) is 0. The fourth-order valence-corrected chi connectivity index (χ4v) is 6.01. The van der Waals surface area contributed by atoms with Crippen molar-refractivity contribution in [1.82, 2.24) is 19.3 Å². The number of aryl methyl sites for hydroxylation is 3. The minimum Gasteiger partial charge on any atom is -0.354 e. The van der Waals surface area contributed by atoms with Gasteiger partial charge in [-0.25, -0.2) is 15.0 Å². The average Bonchev–Trinajstić information content (AvgIpc) is 3.34. The van der Waals surface area contributed by atoms with Gasteiger partial charge in [0.1, 0.15) is 22.8 Å². The first kappa shape index (κ1) is 16.4. The van der Waals surface area contributed by atoms with Crippen LogP contribution >= 0.6 is 22.9 Å². The summed E-state index contributed by atoms with van der Waals surface area (Å²) in [5, 5.41) is 2.38. The fourth-order valence-electron chi connectivity index (χ4n) is 3.99. The monoisotopic (exact) mass is 386 g/mol. The second kappa shape index (κ2) is 6.74.